The van der Waals surface area contributed by atoms with Gasteiger partial charge in [0.05, 0.1) is 12.5 Å². The molecule has 2 atom stereocenters. The molecule has 0 heterocycles. The minimum atomic E-state index is -1.49. The summed E-state index contributed by atoms with van der Waals surface area (Å²) in [4.78, 5) is 21.3. The topological polar surface area (TPSA) is 107 Å². The Hall–Kier alpha value is -1.99. The van der Waals surface area contributed by atoms with Crippen molar-refractivity contribution in [2.45, 2.75) is 32.0 Å². The van der Waals surface area contributed by atoms with Crippen molar-refractivity contribution >= 4 is 11.9 Å². The highest BCUT2D eigenvalue weighted by atomic mass is 19.1. The molecule has 1 aromatic carbocycles. The lowest BCUT2D eigenvalue weighted by Gasteiger charge is -2.19. The Morgan fingerprint density at radius 1 is 1.33 bits per heavy atom. The largest absolute Gasteiger partial charge is 0.481 e. The first-order valence-electron chi connectivity index (χ1n) is 6.42. The molecule has 0 aliphatic rings. The third-order valence-electron chi connectivity index (χ3n) is 2.91. The van der Waals surface area contributed by atoms with Crippen LogP contribution in [0.4, 0.5) is 4.39 Å². The molecule has 0 fully saturated rings. The Morgan fingerprint density at radius 3 is 2.57 bits per heavy atom. The predicted octanol–water partition coefficient (Wildman–Crippen LogP) is 0.373. The Kier molecular flexibility index (Phi) is 6.26. The van der Waals surface area contributed by atoms with E-state index in [1.165, 1.54) is 19.1 Å². The highest BCUT2D eigenvalue weighted by Gasteiger charge is 2.22. The zero-order valence-corrected chi connectivity index (χ0v) is 11.5. The van der Waals surface area contributed by atoms with Gasteiger partial charge in [-0.3, -0.25) is 9.59 Å². The summed E-state index contributed by atoms with van der Waals surface area (Å²) in [5, 5.41) is 30.9. The molecule has 0 spiro atoms. The molecule has 116 valence electrons. The van der Waals surface area contributed by atoms with Gasteiger partial charge >= 0.3 is 5.97 Å². The lowest BCUT2D eigenvalue weighted by atomic mass is 9.98. The van der Waals surface area contributed by atoms with Crippen LogP contribution in [-0.4, -0.2) is 39.8 Å². The fourth-order valence-corrected chi connectivity index (χ4v) is 1.87. The van der Waals surface area contributed by atoms with E-state index < -0.39 is 24.0 Å². The number of carbonyl (C=O) groups is 2. The van der Waals surface area contributed by atoms with Crippen molar-refractivity contribution in [3.63, 3.8) is 0 Å². The smallest absolute Gasteiger partial charge is 0.307 e. The zero-order chi connectivity index (χ0) is 16.0. The second kappa shape index (κ2) is 7.70. The maximum Gasteiger partial charge on any atom is 0.307 e. The molecular formula is C14H18FNO5. The molecule has 7 heteroatoms. The number of hydrogen-bond donors (Lipinski definition) is 4. The summed E-state index contributed by atoms with van der Waals surface area (Å²) in [7, 11) is 0. The van der Waals surface area contributed by atoms with E-state index in [-0.39, 0.29) is 30.9 Å². The van der Waals surface area contributed by atoms with E-state index in [1.54, 1.807) is 0 Å². The van der Waals surface area contributed by atoms with Gasteiger partial charge < -0.3 is 20.6 Å². The number of hydrogen-bond acceptors (Lipinski definition) is 4. The standard InChI is InChI=1S/C14H18FNO5/c1-8(17)16-5-4-12(18)14(21)10-6-9(7-13(19)20)2-3-11(10)15/h2-3,6,12,14,18,21H,4-5,7H2,1H3,(H,16,17)(H,19,20). The number of carbonyl (C=O) groups excluding carboxylic acids is 1. The van der Waals surface area contributed by atoms with Crippen molar-refractivity contribution in [1.29, 1.82) is 0 Å². The number of aliphatic carboxylic acids is 1. The summed E-state index contributed by atoms with van der Waals surface area (Å²) < 4.78 is 13.7. The monoisotopic (exact) mass is 299 g/mol. The number of benzene rings is 1. The minimum absolute atomic E-state index is 0.0450. The summed E-state index contributed by atoms with van der Waals surface area (Å²) >= 11 is 0. The van der Waals surface area contributed by atoms with Gasteiger partial charge in [0.25, 0.3) is 0 Å². The molecule has 0 aliphatic carbocycles. The number of carboxylic acid groups (broad SMARTS) is 1. The summed E-state index contributed by atoms with van der Waals surface area (Å²) in [5.74, 6) is -2.07. The van der Waals surface area contributed by atoms with Gasteiger partial charge in [-0.05, 0) is 24.1 Å². The lowest BCUT2D eigenvalue weighted by Crippen LogP contribution is -2.28. The molecule has 6 nitrogen and oxygen atoms in total. The summed E-state index contributed by atoms with van der Waals surface area (Å²) in [6.07, 6.45) is -3.02. The van der Waals surface area contributed by atoms with Crippen LogP contribution < -0.4 is 5.32 Å². The molecule has 0 bridgehead atoms. The van der Waals surface area contributed by atoms with Crippen LogP contribution in [0.3, 0.4) is 0 Å². The van der Waals surface area contributed by atoms with Crippen molar-refractivity contribution in [2.75, 3.05) is 6.54 Å². The lowest BCUT2D eigenvalue weighted by molar-refractivity contribution is -0.136. The number of aliphatic hydroxyl groups is 2. The number of halogens is 1. The molecule has 0 radical (unpaired) electrons. The minimum Gasteiger partial charge on any atom is -0.481 e. The SMILES string of the molecule is CC(=O)NCCC(O)C(O)c1cc(CC(=O)O)ccc1F. The molecule has 4 N–H and O–H groups in total. The molecule has 21 heavy (non-hydrogen) atoms. The van der Waals surface area contributed by atoms with Crippen LogP contribution in [0.5, 0.6) is 0 Å². The van der Waals surface area contributed by atoms with Crippen LogP contribution in [0, 0.1) is 5.82 Å². The van der Waals surface area contributed by atoms with Crippen molar-refractivity contribution in [2.24, 2.45) is 0 Å². The van der Waals surface area contributed by atoms with Gasteiger partial charge in [0.2, 0.25) is 5.91 Å². The van der Waals surface area contributed by atoms with Crippen LogP contribution in [0.1, 0.15) is 30.6 Å². The third kappa shape index (κ3) is 5.49. The fraction of sp³-hybridized carbons (Fsp3) is 0.429. The number of rotatable bonds is 7. The Labute approximate surface area is 121 Å². The maximum atomic E-state index is 13.7. The first kappa shape index (κ1) is 17.1. The van der Waals surface area contributed by atoms with Crippen LogP contribution in [-0.2, 0) is 16.0 Å². The average Bonchev–Trinajstić information content (AvgIpc) is 2.39. The zero-order valence-electron chi connectivity index (χ0n) is 11.5. The normalized spacial score (nSPS) is 13.5. The molecule has 1 rings (SSSR count). The number of carboxylic acids is 1. The van der Waals surface area contributed by atoms with E-state index in [2.05, 4.69) is 5.32 Å². The second-order valence-electron chi connectivity index (χ2n) is 4.71. The van der Waals surface area contributed by atoms with Gasteiger partial charge in [-0.1, -0.05) is 6.07 Å². The van der Waals surface area contributed by atoms with E-state index >= 15 is 0 Å². The Morgan fingerprint density at radius 2 is 2.00 bits per heavy atom. The van der Waals surface area contributed by atoms with Crippen LogP contribution >= 0.6 is 0 Å². The molecular weight excluding hydrogens is 281 g/mol. The predicted molar refractivity (Wildman–Crippen MR) is 72.0 cm³/mol. The molecule has 0 aromatic heterocycles. The van der Waals surface area contributed by atoms with E-state index in [0.717, 1.165) is 6.07 Å². The second-order valence-corrected chi connectivity index (χ2v) is 4.71. The van der Waals surface area contributed by atoms with Crippen LogP contribution in [0.15, 0.2) is 18.2 Å². The molecule has 0 saturated carbocycles. The summed E-state index contributed by atoms with van der Waals surface area (Å²) in [6.45, 7) is 1.46. The molecule has 0 saturated heterocycles. The first-order valence-corrected chi connectivity index (χ1v) is 6.42. The number of aliphatic hydroxyl groups excluding tert-OH is 2. The quantitative estimate of drug-likeness (QED) is 0.582. The fourth-order valence-electron chi connectivity index (χ4n) is 1.87. The number of nitrogens with one attached hydrogen (secondary N) is 1. The third-order valence-corrected chi connectivity index (χ3v) is 2.91. The van der Waals surface area contributed by atoms with E-state index in [0.29, 0.717) is 5.56 Å². The van der Waals surface area contributed by atoms with E-state index in [9.17, 15) is 24.2 Å². The van der Waals surface area contributed by atoms with E-state index in [4.69, 9.17) is 5.11 Å². The highest BCUT2D eigenvalue weighted by Crippen LogP contribution is 2.23. The first-order chi connectivity index (χ1) is 9.81. The van der Waals surface area contributed by atoms with Gasteiger partial charge in [0.15, 0.2) is 0 Å². The maximum absolute atomic E-state index is 13.7. The highest BCUT2D eigenvalue weighted by molar-refractivity contribution is 5.72. The molecule has 2 unspecified atom stereocenters. The van der Waals surface area contributed by atoms with Crippen LogP contribution in [0.25, 0.3) is 0 Å². The van der Waals surface area contributed by atoms with Crippen molar-refractivity contribution in [3.05, 3.63) is 35.1 Å². The number of amides is 1. The molecule has 1 aromatic rings. The van der Waals surface area contributed by atoms with Crippen LogP contribution in [0.2, 0.25) is 0 Å². The van der Waals surface area contributed by atoms with E-state index in [1.807, 2.05) is 0 Å². The van der Waals surface area contributed by atoms with Gasteiger partial charge in [-0.15, -0.1) is 0 Å². The Bertz CT molecular complexity index is 520. The van der Waals surface area contributed by atoms with Gasteiger partial charge in [0, 0.05) is 19.0 Å². The summed E-state index contributed by atoms with van der Waals surface area (Å²) in [5.41, 5.74) is 0.163. The van der Waals surface area contributed by atoms with Crippen molar-refractivity contribution in [3.8, 4) is 0 Å². The Balaban J connectivity index is 2.77. The van der Waals surface area contributed by atoms with Gasteiger partial charge in [-0.25, -0.2) is 4.39 Å². The van der Waals surface area contributed by atoms with Gasteiger partial charge in [0.1, 0.15) is 11.9 Å². The van der Waals surface area contributed by atoms with Gasteiger partial charge in [-0.2, -0.15) is 0 Å². The average molecular weight is 299 g/mol. The summed E-state index contributed by atoms with van der Waals surface area (Å²) in [6, 6.07) is 3.58. The molecule has 0 aliphatic heterocycles. The van der Waals surface area contributed by atoms with Crippen molar-refractivity contribution in [1.82, 2.24) is 5.32 Å². The molecule has 1 amide bonds. The van der Waals surface area contributed by atoms with Crippen molar-refractivity contribution < 1.29 is 29.3 Å².